The number of para-hydroxylation sites is 1. The van der Waals surface area contributed by atoms with Gasteiger partial charge >= 0.3 is 5.97 Å². The highest BCUT2D eigenvalue weighted by atomic mass is 16.4. The number of carbonyl (C=O) groups is 1. The van der Waals surface area contributed by atoms with Gasteiger partial charge in [0, 0.05) is 5.69 Å². The predicted octanol–water partition coefficient (Wildman–Crippen LogP) is 3.34. The highest BCUT2D eigenvalue weighted by molar-refractivity contribution is 6.01. The van der Waals surface area contributed by atoms with E-state index in [0.29, 0.717) is 5.52 Å². The van der Waals surface area contributed by atoms with Gasteiger partial charge in [-0.25, -0.2) is 9.78 Å². The van der Waals surface area contributed by atoms with Crippen molar-refractivity contribution in [2.24, 2.45) is 0 Å². The van der Waals surface area contributed by atoms with Crippen LogP contribution in [0.15, 0.2) is 42.5 Å². The van der Waals surface area contributed by atoms with Crippen molar-refractivity contribution in [3.63, 3.8) is 0 Å². The zero-order valence-electron chi connectivity index (χ0n) is 11.3. The fourth-order valence-electron chi connectivity index (χ4n) is 2.41. The first kappa shape index (κ1) is 12.4. The minimum atomic E-state index is -0.954. The van der Waals surface area contributed by atoms with Gasteiger partial charge in [0.1, 0.15) is 11.3 Å². The van der Waals surface area contributed by atoms with Crippen molar-refractivity contribution in [3.05, 3.63) is 59.4 Å². The maximum absolute atomic E-state index is 11.3. The number of fused-ring (bicyclic) bond motifs is 1. The Bertz CT molecular complexity index is 801. The smallest absolute Gasteiger partial charge is 0.337 e. The lowest BCUT2D eigenvalue weighted by atomic mass is 10.2. The molecule has 100 valence electrons. The fraction of sp³-hybridized carbons (Fsp3) is 0.125. The topological polar surface area (TPSA) is 55.1 Å². The Morgan fingerprint density at radius 1 is 1.10 bits per heavy atom. The number of hydrogen-bond donors (Lipinski definition) is 1. The summed E-state index contributed by atoms with van der Waals surface area (Å²) in [6, 6.07) is 13.3. The zero-order valence-corrected chi connectivity index (χ0v) is 11.3. The normalized spacial score (nSPS) is 10.9. The largest absolute Gasteiger partial charge is 0.478 e. The van der Waals surface area contributed by atoms with Gasteiger partial charge in [-0.2, -0.15) is 0 Å². The van der Waals surface area contributed by atoms with Gasteiger partial charge in [-0.3, -0.25) is 4.57 Å². The average molecular weight is 266 g/mol. The Hall–Kier alpha value is -2.62. The molecule has 0 aliphatic rings. The average Bonchev–Trinajstić information content (AvgIpc) is 2.75. The molecule has 0 saturated heterocycles. The molecule has 0 aliphatic heterocycles. The van der Waals surface area contributed by atoms with Crippen LogP contribution in [0, 0.1) is 13.8 Å². The summed E-state index contributed by atoms with van der Waals surface area (Å²) < 4.78 is 1.97. The van der Waals surface area contributed by atoms with Gasteiger partial charge in [-0.1, -0.05) is 23.8 Å². The molecule has 0 spiro atoms. The van der Waals surface area contributed by atoms with Crippen molar-refractivity contribution in [1.82, 2.24) is 9.55 Å². The monoisotopic (exact) mass is 266 g/mol. The van der Waals surface area contributed by atoms with E-state index in [1.165, 1.54) is 5.56 Å². The van der Waals surface area contributed by atoms with Crippen LogP contribution in [0.2, 0.25) is 0 Å². The number of benzene rings is 2. The van der Waals surface area contributed by atoms with Gasteiger partial charge < -0.3 is 5.11 Å². The van der Waals surface area contributed by atoms with Crippen LogP contribution in [0.3, 0.4) is 0 Å². The first-order valence-corrected chi connectivity index (χ1v) is 6.36. The fourth-order valence-corrected chi connectivity index (χ4v) is 2.41. The predicted molar refractivity (Wildman–Crippen MR) is 77.5 cm³/mol. The maximum atomic E-state index is 11.3. The van der Waals surface area contributed by atoms with E-state index in [2.05, 4.69) is 4.98 Å². The lowest BCUT2D eigenvalue weighted by Gasteiger charge is -2.07. The molecule has 0 saturated carbocycles. The number of aromatic nitrogens is 2. The Kier molecular flexibility index (Phi) is 2.79. The van der Waals surface area contributed by atoms with Gasteiger partial charge in [-0.15, -0.1) is 0 Å². The zero-order chi connectivity index (χ0) is 14.3. The van der Waals surface area contributed by atoms with Crippen LogP contribution in [0.25, 0.3) is 16.7 Å². The summed E-state index contributed by atoms with van der Waals surface area (Å²) in [7, 11) is 0. The van der Waals surface area contributed by atoms with E-state index >= 15 is 0 Å². The third kappa shape index (κ3) is 1.86. The molecule has 2 aromatic carbocycles. The molecular weight excluding hydrogens is 252 g/mol. The van der Waals surface area contributed by atoms with Gasteiger partial charge in [-0.05, 0) is 38.1 Å². The van der Waals surface area contributed by atoms with E-state index in [1.807, 2.05) is 48.7 Å². The number of rotatable bonds is 2. The number of carboxylic acid groups (broad SMARTS) is 1. The number of hydrogen-bond acceptors (Lipinski definition) is 2. The molecule has 3 aromatic rings. The molecule has 4 heteroatoms. The van der Waals surface area contributed by atoms with Crippen molar-refractivity contribution in [2.75, 3.05) is 0 Å². The van der Waals surface area contributed by atoms with Gasteiger partial charge in [0.25, 0.3) is 0 Å². The second-order valence-electron chi connectivity index (χ2n) is 4.81. The Labute approximate surface area is 116 Å². The van der Waals surface area contributed by atoms with E-state index < -0.39 is 5.97 Å². The first-order chi connectivity index (χ1) is 9.58. The Balaban J connectivity index is 2.31. The minimum absolute atomic E-state index is 0.233. The van der Waals surface area contributed by atoms with Gasteiger partial charge in [0.2, 0.25) is 0 Å². The summed E-state index contributed by atoms with van der Waals surface area (Å²) in [6.45, 7) is 3.91. The van der Waals surface area contributed by atoms with Gasteiger partial charge in [0.05, 0.1) is 11.1 Å². The molecule has 4 nitrogen and oxygen atoms in total. The summed E-state index contributed by atoms with van der Waals surface area (Å²) in [4.78, 5) is 15.7. The Morgan fingerprint density at radius 3 is 2.45 bits per heavy atom. The third-order valence-corrected chi connectivity index (χ3v) is 3.38. The van der Waals surface area contributed by atoms with Crippen molar-refractivity contribution >= 4 is 17.0 Å². The minimum Gasteiger partial charge on any atom is -0.478 e. The van der Waals surface area contributed by atoms with E-state index in [0.717, 1.165) is 17.0 Å². The molecule has 0 unspecified atom stereocenters. The second kappa shape index (κ2) is 4.49. The number of aryl methyl sites for hydroxylation is 2. The summed E-state index contributed by atoms with van der Waals surface area (Å²) in [5, 5.41) is 9.24. The third-order valence-electron chi connectivity index (χ3n) is 3.38. The van der Waals surface area contributed by atoms with E-state index in [1.54, 1.807) is 12.1 Å². The number of aromatic carboxylic acids is 1. The summed E-state index contributed by atoms with van der Waals surface area (Å²) in [5.74, 6) is -0.179. The van der Waals surface area contributed by atoms with Crippen molar-refractivity contribution in [1.29, 1.82) is 0 Å². The standard InChI is InChI=1S/C16H14N2O2/c1-10-6-8-12(9-7-10)18-11(2)17-15-13(16(19)20)4-3-5-14(15)18/h3-9H,1-2H3,(H,19,20). The number of carboxylic acids is 1. The molecule has 0 amide bonds. The van der Waals surface area contributed by atoms with Crippen LogP contribution < -0.4 is 0 Å². The number of nitrogens with zero attached hydrogens (tertiary/aromatic N) is 2. The van der Waals surface area contributed by atoms with Crippen LogP contribution in [0.1, 0.15) is 21.7 Å². The SMILES string of the molecule is Cc1ccc(-n2c(C)nc3c(C(=O)O)cccc32)cc1. The maximum Gasteiger partial charge on any atom is 0.337 e. The van der Waals surface area contributed by atoms with Crippen LogP contribution in [0.4, 0.5) is 0 Å². The lowest BCUT2D eigenvalue weighted by Crippen LogP contribution is -1.98. The molecule has 0 radical (unpaired) electrons. The van der Waals surface area contributed by atoms with E-state index in [-0.39, 0.29) is 5.56 Å². The van der Waals surface area contributed by atoms with Crippen molar-refractivity contribution < 1.29 is 9.90 Å². The Morgan fingerprint density at radius 2 is 1.80 bits per heavy atom. The molecule has 20 heavy (non-hydrogen) atoms. The highest BCUT2D eigenvalue weighted by Gasteiger charge is 2.15. The molecule has 1 heterocycles. The second-order valence-corrected chi connectivity index (χ2v) is 4.81. The molecule has 0 fully saturated rings. The molecule has 0 bridgehead atoms. The molecular formula is C16H14N2O2. The molecule has 0 aliphatic carbocycles. The van der Waals surface area contributed by atoms with Crippen LogP contribution in [-0.4, -0.2) is 20.6 Å². The van der Waals surface area contributed by atoms with Crippen molar-refractivity contribution in [2.45, 2.75) is 13.8 Å². The summed E-state index contributed by atoms with van der Waals surface area (Å²) in [5.41, 5.74) is 3.74. The van der Waals surface area contributed by atoms with Crippen LogP contribution in [0.5, 0.6) is 0 Å². The summed E-state index contributed by atoms with van der Waals surface area (Å²) >= 11 is 0. The van der Waals surface area contributed by atoms with Crippen LogP contribution in [-0.2, 0) is 0 Å². The van der Waals surface area contributed by atoms with E-state index in [4.69, 9.17) is 0 Å². The number of imidazole rings is 1. The molecule has 0 atom stereocenters. The molecule has 3 rings (SSSR count). The van der Waals surface area contributed by atoms with E-state index in [9.17, 15) is 9.90 Å². The summed E-state index contributed by atoms with van der Waals surface area (Å²) in [6.07, 6.45) is 0. The van der Waals surface area contributed by atoms with Gasteiger partial charge in [0.15, 0.2) is 0 Å². The molecule has 1 N–H and O–H groups in total. The van der Waals surface area contributed by atoms with Crippen LogP contribution >= 0.6 is 0 Å². The van der Waals surface area contributed by atoms with Crippen molar-refractivity contribution in [3.8, 4) is 5.69 Å². The first-order valence-electron chi connectivity index (χ1n) is 6.36. The molecule has 1 aromatic heterocycles. The lowest BCUT2D eigenvalue weighted by molar-refractivity contribution is 0.0699. The quantitative estimate of drug-likeness (QED) is 0.774. The highest BCUT2D eigenvalue weighted by Crippen LogP contribution is 2.24.